The minimum atomic E-state index is -0.675. The van der Waals surface area contributed by atoms with Crippen molar-refractivity contribution in [2.24, 2.45) is 5.73 Å². The number of nitrogens with two attached hydrogens (primary N) is 1. The maximum Gasteiger partial charge on any atom is 0.0861 e. The smallest absolute Gasteiger partial charge is 0.0861 e. The highest BCUT2D eigenvalue weighted by atomic mass is 79.9. The van der Waals surface area contributed by atoms with Gasteiger partial charge in [0.2, 0.25) is 0 Å². The Bertz CT molecular complexity index is 325. The third kappa shape index (κ3) is 4.43. The van der Waals surface area contributed by atoms with E-state index >= 15 is 0 Å². The van der Waals surface area contributed by atoms with Crippen LogP contribution in [0.5, 0.6) is 0 Å². The van der Waals surface area contributed by atoms with Gasteiger partial charge in [-0.1, -0.05) is 28.1 Å². The number of halogens is 1. The van der Waals surface area contributed by atoms with E-state index in [4.69, 9.17) is 10.8 Å². The molecule has 0 radical (unpaired) electrons. The Kier molecular flexibility index (Phi) is 6.38. The summed E-state index contributed by atoms with van der Waals surface area (Å²) in [5.41, 5.74) is 6.83. The zero-order valence-corrected chi connectivity index (χ0v) is 11.2. The van der Waals surface area contributed by atoms with Crippen LogP contribution >= 0.6 is 27.7 Å². The lowest BCUT2D eigenvalue weighted by Gasteiger charge is -2.16. The summed E-state index contributed by atoms with van der Waals surface area (Å²) >= 11 is 4.97. The molecule has 0 aliphatic carbocycles. The fourth-order valence-electron chi connectivity index (χ4n) is 1.29. The summed E-state index contributed by atoms with van der Waals surface area (Å²) in [4.78, 5) is 0. The number of thioether (sulfide) groups is 1. The summed E-state index contributed by atoms with van der Waals surface area (Å²) in [7, 11) is 0. The number of hydrogen-bond acceptors (Lipinski definition) is 4. The maximum atomic E-state index is 9.28. The third-order valence-corrected chi connectivity index (χ3v) is 4.07. The van der Waals surface area contributed by atoms with E-state index in [0.717, 1.165) is 10.0 Å². The molecule has 0 aliphatic rings. The zero-order valence-electron chi connectivity index (χ0n) is 8.84. The molecule has 90 valence electrons. The number of aliphatic hydroxyl groups excluding tert-OH is 2. The monoisotopic (exact) mass is 305 g/mol. The van der Waals surface area contributed by atoms with Crippen LogP contribution in [0.1, 0.15) is 10.8 Å². The first kappa shape index (κ1) is 14.0. The lowest BCUT2D eigenvalue weighted by Crippen LogP contribution is -2.18. The highest BCUT2D eigenvalue weighted by molar-refractivity contribution is 9.10. The van der Waals surface area contributed by atoms with E-state index in [-0.39, 0.29) is 11.9 Å². The first-order chi connectivity index (χ1) is 7.67. The van der Waals surface area contributed by atoms with E-state index < -0.39 is 6.10 Å². The summed E-state index contributed by atoms with van der Waals surface area (Å²) in [5, 5.41) is 18.2. The van der Waals surface area contributed by atoms with Crippen LogP contribution in [0, 0.1) is 0 Å². The van der Waals surface area contributed by atoms with Gasteiger partial charge in [0.25, 0.3) is 0 Å². The molecular formula is C11H16BrNO2S. The van der Waals surface area contributed by atoms with Crippen molar-refractivity contribution < 1.29 is 10.2 Å². The fraction of sp³-hybridized carbons (Fsp3) is 0.455. The molecule has 3 nitrogen and oxygen atoms in total. The van der Waals surface area contributed by atoms with Gasteiger partial charge in [0.15, 0.2) is 0 Å². The number of hydrogen-bond donors (Lipinski definition) is 3. The molecule has 0 fully saturated rings. The highest BCUT2D eigenvalue weighted by Crippen LogP contribution is 2.29. The maximum absolute atomic E-state index is 9.28. The second kappa shape index (κ2) is 7.29. The van der Waals surface area contributed by atoms with Crippen LogP contribution in [0.25, 0.3) is 0 Å². The molecule has 2 unspecified atom stereocenters. The molecule has 5 heteroatoms. The molecule has 0 aliphatic heterocycles. The van der Waals surface area contributed by atoms with E-state index in [1.807, 2.05) is 24.3 Å². The number of aliphatic hydroxyl groups is 2. The van der Waals surface area contributed by atoms with Crippen molar-refractivity contribution in [2.75, 3.05) is 18.9 Å². The molecule has 0 bridgehead atoms. The van der Waals surface area contributed by atoms with Gasteiger partial charge in [-0.3, -0.25) is 0 Å². The Morgan fingerprint density at radius 1 is 1.44 bits per heavy atom. The van der Waals surface area contributed by atoms with Crippen LogP contribution in [0.15, 0.2) is 28.7 Å². The van der Waals surface area contributed by atoms with E-state index in [1.165, 1.54) is 0 Å². The van der Waals surface area contributed by atoms with Crippen molar-refractivity contribution >= 4 is 27.7 Å². The molecule has 4 N–H and O–H groups in total. The van der Waals surface area contributed by atoms with Gasteiger partial charge in [-0.05, 0) is 17.7 Å². The van der Waals surface area contributed by atoms with Crippen molar-refractivity contribution in [1.29, 1.82) is 0 Å². The predicted octanol–water partition coefficient (Wildman–Crippen LogP) is 1.54. The number of benzene rings is 1. The van der Waals surface area contributed by atoms with Gasteiger partial charge < -0.3 is 15.9 Å². The normalized spacial score (nSPS) is 14.8. The van der Waals surface area contributed by atoms with Crippen LogP contribution in [0.4, 0.5) is 0 Å². The van der Waals surface area contributed by atoms with Crippen molar-refractivity contribution in [3.05, 3.63) is 34.3 Å². The van der Waals surface area contributed by atoms with E-state index in [1.54, 1.807) is 11.8 Å². The summed E-state index contributed by atoms with van der Waals surface area (Å²) in [6.07, 6.45) is -0.675. The Balaban J connectivity index is 2.60. The molecule has 0 saturated heterocycles. The van der Waals surface area contributed by atoms with Crippen molar-refractivity contribution in [2.45, 2.75) is 11.4 Å². The van der Waals surface area contributed by atoms with Gasteiger partial charge >= 0.3 is 0 Å². The fourth-order valence-corrected chi connectivity index (χ4v) is 2.74. The first-order valence-electron chi connectivity index (χ1n) is 5.03. The molecular weight excluding hydrogens is 290 g/mol. The van der Waals surface area contributed by atoms with E-state index in [9.17, 15) is 5.11 Å². The van der Waals surface area contributed by atoms with Crippen LogP contribution in [0.3, 0.4) is 0 Å². The van der Waals surface area contributed by atoms with Crippen LogP contribution in [-0.2, 0) is 0 Å². The van der Waals surface area contributed by atoms with Crippen LogP contribution < -0.4 is 5.73 Å². The molecule has 16 heavy (non-hydrogen) atoms. The Labute approximate surface area is 108 Å². The van der Waals surface area contributed by atoms with Gasteiger partial charge in [-0.25, -0.2) is 0 Å². The lowest BCUT2D eigenvalue weighted by molar-refractivity contribution is 0.113. The zero-order chi connectivity index (χ0) is 12.0. The van der Waals surface area contributed by atoms with Gasteiger partial charge in [0.05, 0.1) is 12.7 Å². The minimum absolute atomic E-state index is 0.152. The van der Waals surface area contributed by atoms with Gasteiger partial charge in [-0.2, -0.15) is 0 Å². The Morgan fingerprint density at radius 2 is 2.19 bits per heavy atom. The highest BCUT2D eigenvalue weighted by Gasteiger charge is 2.12. The second-order valence-corrected chi connectivity index (χ2v) is 5.60. The van der Waals surface area contributed by atoms with E-state index in [2.05, 4.69) is 15.9 Å². The summed E-state index contributed by atoms with van der Waals surface area (Å²) in [5.74, 6) is 0.491. The quantitative estimate of drug-likeness (QED) is 0.746. The molecule has 1 rings (SSSR count). The molecule has 0 spiro atoms. The second-order valence-electron chi connectivity index (χ2n) is 3.45. The third-order valence-electron chi connectivity index (χ3n) is 2.14. The minimum Gasteiger partial charge on any atom is -0.394 e. The molecule has 0 heterocycles. The Morgan fingerprint density at radius 3 is 2.75 bits per heavy atom. The Hall–Kier alpha value is -0.0700. The predicted molar refractivity (Wildman–Crippen MR) is 71.5 cm³/mol. The van der Waals surface area contributed by atoms with E-state index in [0.29, 0.717) is 12.3 Å². The summed E-state index contributed by atoms with van der Waals surface area (Å²) in [6, 6.07) is 7.96. The average molecular weight is 306 g/mol. The summed E-state index contributed by atoms with van der Waals surface area (Å²) < 4.78 is 1.02. The van der Waals surface area contributed by atoms with Gasteiger partial charge in [-0.15, -0.1) is 11.8 Å². The average Bonchev–Trinajstić information content (AvgIpc) is 2.29. The first-order valence-corrected chi connectivity index (χ1v) is 6.87. The standard InChI is InChI=1S/C11H16BrNO2S/c12-9-3-1-2-8(4-9)11(5-13)16-7-10(15)6-14/h1-4,10-11,14-15H,5-7,13H2. The summed E-state index contributed by atoms with van der Waals surface area (Å²) in [6.45, 7) is 0.308. The van der Waals surface area contributed by atoms with Gasteiger partial charge in [0.1, 0.15) is 0 Å². The SMILES string of the molecule is NCC(SCC(O)CO)c1cccc(Br)c1. The molecule has 0 saturated carbocycles. The largest absolute Gasteiger partial charge is 0.394 e. The van der Waals surface area contributed by atoms with Crippen LogP contribution in [0.2, 0.25) is 0 Å². The lowest BCUT2D eigenvalue weighted by atomic mass is 10.1. The van der Waals surface area contributed by atoms with Crippen molar-refractivity contribution in [1.82, 2.24) is 0 Å². The number of rotatable bonds is 6. The van der Waals surface area contributed by atoms with Crippen molar-refractivity contribution in [3.8, 4) is 0 Å². The van der Waals surface area contributed by atoms with Crippen molar-refractivity contribution in [3.63, 3.8) is 0 Å². The molecule has 2 atom stereocenters. The van der Waals surface area contributed by atoms with Crippen LogP contribution in [-0.4, -0.2) is 35.2 Å². The molecule has 0 aromatic heterocycles. The topological polar surface area (TPSA) is 66.5 Å². The molecule has 0 amide bonds. The molecule has 1 aromatic rings. The molecule has 1 aromatic carbocycles. The van der Waals surface area contributed by atoms with Gasteiger partial charge in [0, 0.05) is 22.0 Å².